The van der Waals surface area contributed by atoms with Gasteiger partial charge in [0.2, 0.25) is 0 Å². The summed E-state index contributed by atoms with van der Waals surface area (Å²) in [5.41, 5.74) is 2.49. The molecule has 31 heavy (non-hydrogen) atoms. The topological polar surface area (TPSA) is 41.6 Å². The number of halogens is 2. The molecule has 1 N–H and O–H groups in total. The highest BCUT2D eigenvalue weighted by Gasteiger charge is 2.39. The van der Waals surface area contributed by atoms with Crippen molar-refractivity contribution in [1.82, 2.24) is 0 Å². The second-order valence-electron chi connectivity index (χ2n) is 7.74. The van der Waals surface area contributed by atoms with E-state index in [0.29, 0.717) is 20.9 Å². The van der Waals surface area contributed by atoms with Crippen LogP contribution in [0.2, 0.25) is 10.0 Å². The SMILES string of the molecule is CC(C)O[P@](=O)(c1ccc(N(C)C)cc1)[C@@H](Nc1ccccc1)c1ccc(Cl)cc1Cl. The van der Waals surface area contributed by atoms with Crippen molar-refractivity contribution < 1.29 is 9.09 Å². The summed E-state index contributed by atoms with van der Waals surface area (Å²) in [7, 11) is 0.455. The van der Waals surface area contributed by atoms with Crippen molar-refractivity contribution >= 4 is 47.3 Å². The molecular weight excluding hydrogens is 450 g/mol. The van der Waals surface area contributed by atoms with E-state index < -0.39 is 13.2 Å². The van der Waals surface area contributed by atoms with E-state index in [2.05, 4.69) is 5.32 Å². The molecule has 2 atom stereocenters. The Morgan fingerprint density at radius 1 is 0.935 bits per heavy atom. The summed E-state index contributed by atoms with van der Waals surface area (Å²) in [4.78, 5) is 1.99. The first-order valence-corrected chi connectivity index (χ1v) is 12.5. The van der Waals surface area contributed by atoms with E-state index in [1.807, 2.05) is 87.4 Å². The van der Waals surface area contributed by atoms with Gasteiger partial charge in [0.15, 0.2) is 0 Å². The number of rotatable bonds is 8. The van der Waals surface area contributed by atoms with Crippen molar-refractivity contribution in [2.24, 2.45) is 0 Å². The largest absolute Gasteiger partial charge is 0.378 e. The van der Waals surface area contributed by atoms with Gasteiger partial charge in [0.1, 0.15) is 5.78 Å². The van der Waals surface area contributed by atoms with Crippen molar-refractivity contribution in [2.45, 2.75) is 25.7 Å². The van der Waals surface area contributed by atoms with E-state index in [9.17, 15) is 4.57 Å². The first-order valence-electron chi connectivity index (χ1n) is 10.0. The fourth-order valence-corrected chi connectivity index (χ4v) is 6.54. The second kappa shape index (κ2) is 10.1. The number of benzene rings is 3. The highest BCUT2D eigenvalue weighted by Crippen LogP contribution is 2.60. The molecule has 3 rings (SSSR count). The van der Waals surface area contributed by atoms with Gasteiger partial charge in [-0.15, -0.1) is 0 Å². The monoisotopic (exact) mass is 476 g/mol. The van der Waals surface area contributed by atoms with Gasteiger partial charge in [-0.2, -0.15) is 0 Å². The van der Waals surface area contributed by atoms with Crippen LogP contribution in [0.25, 0.3) is 0 Å². The first kappa shape index (κ1) is 23.7. The summed E-state index contributed by atoms with van der Waals surface area (Å²) in [6.07, 6.45) is -0.259. The molecular formula is C24H27Cl2N2O2P. The van der Waals surface area contributed by atoms with Gasteiger partial charge in [0, 0.05) is 46.4 Å². The molecule has 0 spiro atoms. The van der Waals surface area contributed by atoms with Crippen LogP contribution < -0.4 is 15.5 Å². The van der Waals surface area contributed by atoms with Crippen LogP contribution in [-0.4, -0.2) is 20.2 Å². The first-order chi connectivity index (χ1) is 14.7. The Morgan fingerprint density at radius 3 is 2.13 bits per heavy atom. The lowest BCUT2D eigenvalue weighted by molar-refractivity contribution is 0.245. The zero-order valence-corrected chi connectivity index (χ0v) is 20.5. The predicted octanol–water partition coefficient (Wildman–Crippen LogP) is 7.20. The molecule has 0 heterocycles. The van der Waals surface area contributed by atoms with Crippen LogP contribution in [0, 0.1) is 0 Å². The number of hydrogen-bond donors (Lipinski definition) is 1. The molecule has 4 nitrogen and oxygen atoms in total. The van der Waals surface area contributed by atoms with Gasteiger partial charge in [-0.25, -0.2) is 0 Å². The lowest BCUT2D eigenvalue weighted by Gasteiger charge is -2.32. The summed E-state index contributed by atoms with van der Waals surface area (Å²) in [6, 6.07) is 22.4. The van der Waals surface area contributed by atoms with E-state index in [4.69, 9.17) is 27.7 Å². The summed E-state index contributed by atoms with van der Waals surface area (Å²) in [6.45, 7) is 3.76. The lowest BCUT2D eigenvalue weighted by Crippen LogP contribution is -2.23. The maximum absolute atomic E-state index is 14.7. The highest BCUT2D eigenvalue weighted by molar-refractivity contribution is 7.67. The zero-order chi connectivity index (χ0) is 22.6. The fourth-order valence-electron chi connectivity index (χ4n) is 3.30. The number of nitrogens with one attached hydrogen (secondary N) is 1. The normalized spacial score (nSPS) is 14.2. The number of anilines is 2. The minimum atomic E-state index is -3.47. The summed E-state index contributed by atoms with van der Waals surface area (Å²) >= 11 is 12.7. The molecule has 0 radical (unpaired) electrons. The smallest absolute Gasteiger partial charge is 0.258 e. The van der Waals surface area contributed by atoms with Crippen LogP contribution in [-0.2, 0) is 9.09 Å². The van der Waals surface area contributed by atoms with Crippen LogP contribution >= 0.6 is 30.6 Å². The van der Waals surface area contributed by atoms with Crippen LogP contribution in [0.4, 0.5) is 11.4 Å². The molecule has 0 saturated heterocycles. The molecule has 7 heteroatoms. The van der Waals surface area contributed by atoms with Gasteiger partial charge >= 0.3 is 0 Å². The molecule has 0 fully saturated rings. The standard InChI is InChI=1S/C24H27Cl2N2O2P/c1-17(2)30-31(29,21-13-11-20(12-14-21)28(3)4)24(27-19-8-6-5-7-9-19)22-15-10-18(25)16-23(22)26/h5-17,24,27H,1-4H3/t24-,31-/m1/s1. The molecule has 0 amide bonds. The quantitative estimate of drug-likeness (QED) is 0.349. The van der Waals surface area contributed by atoms with Crippen molar-refractivity contribution in [3.05, 3.63) is 88.4 Å². The molecule has 3 aromatic carbocycles. The zero-order valence-electron chi connectivity index (χ0n) is 18.0. The van der Waals surface area contributed by atoms with Crippen molar-refractivity contribution in [2.75, 3.05) is 24.3 Å². The third kappa shape index (κ3) is 5.64. The third-order valence-electron chi connectivity index (χ3n) is 4.77. The van der Waals surface area contributed by atoms with Gasteiger partial charge < -0.3 is 14.7 Å². The van der Waals surface area contributed by atoms with Crippen molar-refractivity contribution in [1.29, 1.82) is 0 Å². The van der Waals surface area contributed by atoms with Gasteiger partial charge in [-0.1, -0.05) is 47.5 Å². The second-order valence-corrected chi connectivity index (χ2v) is 11.0. The van der Waals surface area contributed by atoms with Crippen LogP contribution in [0.15, 0.2) is 72.8 Å². The van der Waals surface area contributed by atoms with Gasteiger partial charge in [0.25, 0.3) is 7.37 Å². The fraction of sp³-hybridized carbons (Fsp3) is 0.250. The van der Waals surface area contributed by atoms with E-state index in [0.717, 1.165) is 11.4 Å². The average Bonchev–Trinajstić information content (AvgIpc) is 2.73. The van der Waals surface area contributed by atoms with E-state index in [1.54, 1.807) is 18.2 Å². The van der Waals surface area contributed by atoms with Gasteiger partial charge in [-0.05, 0) is 62.4 Å². The Bertz CT molecular complexity index is 1060. The molecule has 0 saturated carbocycles. The maximum Gasteiger partial charge on any atom is 0.258 e. The minimum absolute atomic E-state index is 0.259. The Morgan fingerprint density at radius 2 is 1.58 bits per heavy atom. The molecule has 0 aliphatic rings. The Kier molecular flexibility index (Phi) is 7.72. The number of hydrogen-bond acceptors (Lipinski definition) is 4. The molecule has 0 aromatic heterocycles. The Balaban J connectivity index is 2.17. The van der Waals surface area contributed by atoms with E-state index in [1.165, 1.54) is 0 Å². The van der Waals surface area contributed by atoms with Gasteiger partial charge in [0.05, 0.1) is 6.10 Å². The van der Waals surface area contributed by atoms with Crippen LogP contribution in [0.5, 0.6) is 0 Å². The van der Waals surface area contributed by atoms with Crippen LogP contribution in [0.1, 0.15) is 25.2 Å². The van der Waals surface area contributed by atoms with Crippen molar-refractivity contribution in [3.63, 3.8) is 0 Å². The lowest BCUT2D eigenvalue weighted by atomic mass is 10.2. The molecule has 3 aromatic rings. The molecule has 0 aliphatic carbocycles. The summed E-state index contributed by atoms with van der Waals surface area (Å²) < 4.78 is 20.8. The van der Waals surface area contributed by atoms with E-state index >= 15 is 0 Å². The highest BCUT2D eigenvalue weighted by atomic mass is 35.5. The number of para-hydroxylation sites is 1. The summed E-state index contributed by atoms with van der Waals surface area (Å²) in [5.74, 6) is -0.702. The Hall–Kier alpha value is -1.97. The van der Waals surface area contributed by atoms with Gasteiger partial charge in [-0.3, -0.25) is 4.57 Å². The average molecular weight is 477 g/mol. The van der Waals surface area contributed by atoms with Crippen molar-refractivity contribution in [3.8, 4) is 0 Å². The predicted molar refractivity (Wildman–Crippen MR) is 133 cm³/mol. The molecule has 0 aliphatic heterocycles. The van der Waals surface area contributed by atoms with Crippen LogP contribution in [0.3, 0.4) is 0 Å². The molecule has 0 unspecified atom stereocenters. The summed E-state index contributed by atoms with van der Waals surface area (Å²) in [5, 5.41) is 4.97. The third-order valence-corrected chi connectivity index (χ3v) is 8.17. The molecule has 164 valence electrons. The van der Waals surface area contributed by atoms with E-state index in [-0.39, 0.29) is 6.10 Å². The minimum Gasteiger partial charge on any atom is -0.378 e. The number of nitrogens with zero attached hydrogens (tertiary/aromatic N) is 1. The maximum atomic E-state index is 14.7. The Labute approximate surface area is 194 Å². The molecule has 0 bridgehead atoms.